The summed E-state index contributed by atoms with van der Waals surface area (Å²) in [7, 11) is 0. The number of hydrogen-bond acceptors (Lipinski definition) is 4. The fourth-order valence-corrected chi connectivity index (χ4v) is 4.96. The summed E-state index contributed by atoms with van der Waals surface area (Å²) in [5.74, 6) is 1.40. The Morgan fingerprint density at radius 3 is 2.82 bits per heavy atom. The van der Waals surface area contributed by atoms with Gasteiger partial charge in [-0.1, -0.05) is 49.5 Å². The maximum absolute atomic E-state index is 13.4. The van der Waals surface area contributed by atoms with E-state index in [-0.39, 0.29) is 23.1 Å². The van der Waals surface area contributed by atoms with Gasteiger partial charge in [0, 0.05) is 29.1 Å². The van der Waals surface area contributed by atoms with Crippen LogP contribution >= 0.6 is 15.9 Å². The number of H-pyrrole nitrogens is 2. The number of Topliss-reactive ketones (excluding diaryl/α,β-unsaturated/α-hetero) is 1. The van der Waals surface area contributed by atoms with Crippen LogP contribution in [0.25, 0.3) is 11.0 Å². The SMILES string of the molecule is CCCC[C@H](NC(=O)c1[nH]c2c(c1C)C(=O)CC(C)(C)C2)c1nc2ccc(OCCBr)cc2[nH]1. The Hall–Kier alpha value is -2.61. The maximum Gasteiger partial charge on any atom is 0.268 e. The number of amides is 1. The zero-order valence-corrected chi connectivity index (χ0v) is 21.9. The van der Waals surface area contributed by atoms with E-state index in [0.717, 1.165) is 64.9 Å². The summed E-state index contributed by atoms with van der Waals surface area (Å²) in [6.07, 6.45) is 3.98. The number of benzene rings is 1. The lowest BCUT2D eigenvalue weighted by atomic mass is 9.75. The van der Waals surface area contributed by atoms with Crippen LogP contribution in [0.1, 0.15) is 90.4 Å². The van der Waals surface area contributed by atoms with E-state index in [4.69, 9.17) is 9.72 Å². The van der Waals surface area contributed by atoms with Crippen molar-refractivity contribution in [3.05, 3.63) is 46.5 Å². The first kappa shape index (κ1) is 24.5. The van der Waals surface area contributed by atoms with Crippen LogP contribution < -0.4 is 10.1 Å². The smallest absolute Gasteiger partial charge is 0.268 e. The molecule has 1 aliphatic rings. The second-order valence-electron chi connectivity index (χ2n) is 9.93. The number of hydrogen-bond donors (Lipinski definition) is 3. The molecule has 3 aromatic rings. The molecule has 34 heavy (non-hydrogen) atoms. The van der Waals surface area contributed by atoms with Gasteiger partial charge >= 0.3 is 0 Å². The van der Waals surface area contributed by atoms with Gasteiger partial charge in [-0.05, 0) is 42.9 Å². The number of aromatic nitrogens is 3. The summed E-state index contributed by atoms with van der Waals surface area (Å²) in [6, 6.07) is 5.50. The summed E-state index contributed by atoms with van der Waals surface area (Å²) in [4.78, 5) is 37.5. The van der Waals surface area contributed by atoms with Crippen molar-refractivity contribution in [2.24, 2.45) is 5.41 Å². The van der Waals surface area contributed by atoms with Gasteiger partial charge in [0.2, 0.25) is 0 Å². The number of ether oxygens (including phenoxy) is 1. The summed E-state index contributed by atoms with van der Waals surface area (Å²) in [6.45, 7) is 8.74. The number of unbranched alkanes of at least 4 members (excludes halogenated alkanes) is 1. The molecule has 4 rings (SSSR count). The van der Waals surface area contributed by atoms with Crippen LogP contribution in [0.5, 0.6) is 5.75 Å². The van der Waals surface area contributed by atoms with Gasteiger partial charge in [-0.15, -0.1) is 0 Å². The quantitative estimate of drug-likeness (QED) is 0.306. The van der Waals surface area contributed by atoms with Gasteiger partial charge in [-0.25, -0.2) is 4.98 Å². The predicted octanol–water partition coefficient (Wildman–Crippen LogP) is 5.79. The van der Waals surface area contributed by atoms with E-state index in [9.17, 15) is 9.59 Å². The van der Waals surface area contributed by atoms with Crippen molar-refractivity contribution in [1.82, 2.24) is 20.3 Å². The lowest BCUT2D eigenvalue weighted by Gasteiger charge is -2.28. The molecule has 8 heteroatoms. The molecule has 2 aromatic heterocycles. The Morgan fingerprint density at radius 1 is 1.29 bits per heavy atom. The standard InChI is InChI=1S/C26H33BrN4O3/c1-5-6-7-18(24-29-17-9-8-16(34-11-10-27)12-19(17)30-24)31-25(33)23-15(2)22-20(28-23)13-26(3,4)14-21(22)32/h8-9,12,18,28H,5-7,10-11,13-14H2,1-4H3,(H,29,30)(H,31,33)/t18-/m0/s1. The number of fused-ring (bicyclic) bond motifs is 2. The minimum Gasteiger partial charge on any atom is -0.493 e. The van der Waals surface area contributed by atoms with Gasteiger partial charge in [0.1, 0.15) is 17.3 Å². The van der Waals surface area contributed by atoms with E-state index in [1.54, 1.807) is 0 Å². The monoisotopic (exact) mass is 528 g/mol. The number of nitrogens with one attached hydrogen (secondary N) is 3. The fourth-order valence-electron chi connectivity index (χ4n) is 4.80. The average Bonchev–Trinajstić information content (AvgIpc) is 3.34. The minimum atomic E-state index is -0.265. The van der Waals surface area contributed by atoms with Crippen molar-refractivity contribution in [2.75, 3.05) is 11.9 Å². The highest BCUT2D eigenvalue weighted by atomic mass is 79.9. The third-order valence-electron chi connectivity index (χ3n) is 6.43. The molecule has 0 bridgehead atoms. The van der Waals surface area contributed by atoms with Crippen LogP contribution in [0.2, 0.25) is 0 Å². The summed E-state index contributed by atoms with van der Waals surface area (Å²) in [5.41, 5.74) is 4.36. The molecule has 0 spiro atoms. The Bertz CT molecular complexity index is 1210. The number of aromatic amines is 2. The molecule has 2 heterocycles. The first-order valence-electron chi connectivity index (χ1n) is 12.0. The van der Waals surface area contributed by atoms with Crippen LogP contribution in [-0.4, -0.2) is 38.6 Å². The minimum absolute atomic E-state index is 0.107. The maximum atomic E-state index is 13.4. The average molecular weight is 529 g/mol. The van der Waals surface area contributed by atoms with Crippen LogP contribution in [0.4, 0.5) is 0 Å². The van der Waals surface area contributed by atoms with Gasteiger partial charge < -0.3 is 20.0 Å². The largest absolute Gasteiger partial charge is 0.493 e. The molecule has 0 unspecified atom stereocenters. The second kappa shape index (κ2) is 9.94. The van der Waals surface area contributed by atoms with Crippen molar-refractivity contribution < 1.29 is 14.3 Å². The first-order chi connectivity index (χ1) is 16.2. The van der Waals surface area contributed by atoms with Crippen molar-refractivity contribution in [3.8, 4) is 5.75 Å². The lowest BCUT2D eigenvalue weighted by Crippen LogP contribution is -2.30. The van der Waals surface area contributed by atoms with Gasteiger partial charge in [-0.2, -0.15) is 0 Å². The normalized spacial score (nSPS) is 15.9. The summed E-state index contributed by atoms with van der Waals surface area (Å²) < 4.78 is 5.70. The molecule has 0 aliphatic heterocycles. The number of ketones is 1. The van der Waals surface area contributed by atoms with Crippen LogP contribution in [-0.2, 0) is 6.42 Å². The van der Waals surface area contributed by atoms with Crippen LogP contribution in [0, 0.1) is 12.3 Å². The van der Waals surface area contributed by atoms with Crippen LogP contribution in [0.15, 0.2) is 18.2 Å². The molecular formula is C26H33BrN4O3. The van der Waals surface area contributed by atoms with E-state index >= 15 is 0 Å². The number of halogens is 1. The van der Waals surface area contributed by atoms with E-state index in [1.165, 1.54) is 0 Å². The highest BCUT2D eigenvalue weighted by molar-refractivity contribution is 9.09. The van der Waals surface area contributed by atoms with Gasteiger partial charge in [0.15, 0.2) is 5.78 Å². The zero-order chi connectivity index (χ0) is 24.5. The number of alkyl halides is 1. The highest BCUT2D eigenvalue weighted by Gasteiger charge is 2.35. The van der Waals surface area contributed by atoms with E-state index in [2.05, 4.69) is 52.0 Å². The van der Waals surface area contributed by atoms with Crippen molar-refractivity contribution >= 4 is 38.7 Å². The van der Waals surface area contributed by atoms with Crippen molar-refractivity contribution in [2.45, 2.75) is 65.8 Å². The van der Waals surface area contributed by atoms with E-state index < -0.39 is 0 Å². The Balaban J connectivity index is 1.60. The summed E-state index contributed by atoms with van der Waals surface area (Å²) >= 11 is 3.37. The molecule has 0 radical (unpaired) electrons. The molecule has 7 nitrogen and oxygen atoms in total. The molecule has 0 saturated heterocycles. The van der Waals surface area contributed by atoms with E-state index in [1.807, 2.05) is 25.1 Å². The molecule has 1 aromatic carbocycles. The predicted molar refractivity (Wildman–Crippen MR) is 137 cm³/mol. The molecule has 0 saturated carbocycles. The molecule has 1 amide bonds. The summed E-state index contributed by atoms with van der Waals surface area (Å²) in [5, 5.41) is 3.93. The third-order valence-corrected chi connectivity index (χ3v) is 6.75. The zero-order valence-electron chi connectivity index (χ0n) is 20.3. The molecule has 3 N–H and O–H groups in total. The molecule has 182 valence electrons. The number of rotatable bonds is 9. The van der Waals surface area contributed by atoms with E-state index in [0.29, 0.717) is 24.3 Å². The lowest BCUT2D eigenvalue weighted by molar-refractivity contribution is 0.0908. The third kappa shape index (κ3) is 5.06. The number of nitrogens with zero attached hydrogens (tertiary/aromatic N) is 1. The van der Waals surface area contributed by atoms with Crippen molar-refractivity contribution in [3.63, 3.8) is 0 Å². The Morgan fingerprint density at radius 2 is 2.09 bits per heavy atom. The number of imidazole rings is 1. The molecule has 0 fully saturated rings. The second-order valence-corrected chi connectivity index (χ2v) is 10.7. The highest BCUT2D eigenvalue weighted by Crippen LogP contribution is 2.37. The van der Waals surface area contributed by atoms with Gasteiger partial charge in [-0.3, -0.25) is 9.59 Å². The molecule has 1 atom stereocenters. The number of carbonyl (C=O) groups excluding carboxylic acids is 2. The molecule has 1 aliphatic carbocycles. The molecular weight excluding hydrogens is 496 g/mol. The van der Waals surface area contributed by atoms with Gasteiger partial charge in [0.05, 0.1) is 23.7 Å². The first-order valence-corrected chi connectivity index (χ1v) is 13.1. The fraction of sp³-hybridized carbons (Fsp3) is 0.500. The topological polar surface area (TPSA) is 99.9 Å². The van der Waals surface area contributed by atoms with Gasteiger partial charge in [0.25, 0.3) is 5.91 Å². The Labute approximate surface area is 208 Å². The Kier molecular flexibility index (Phi) is 7.17. The van der Waals surface area contributed by atoms with Crippen LogP contribution in [0.3, 0.4) is 0 Å². The number of carbonyl (C=O) groups is 2. The van der Waals surface area contributed by atoms with Crippen molar-refractivity contribution in [1.29, 1.82) is 0 Å².